The van der Waals surface area contributed by atoms with Crippen molar-refractivity contribution in [1.29, 1.82) is 0 Å². The van der Waals surface area contributed by atoms with Crippen LogP contribution in [-0.2, 0) is 16.4 Å². The highest BCUT2D eigenvalue weighted by Crippen LogP contribution is 2.23. The topological polar surface area (TPSA) is 66.5 Å². The van der Waals surface area contributed by atoms with Gasteiger partial charge in [0.05, 0.1) is 15.5 Å². The smallest absolute Gasteiger partial charge is 0.257 e. The van der Waals surface area contributed by atoms with E-state index in [0.29, 0.717) is 5.69 Å². The molecule has 0 aliphatic carbocycles. The van der Waals surface area contributed by atoms with Crippen LogP contribution in [0.2, 0.25) is 5.02 Å². The lowest BCUT2D eigenvalue weighted by Crippen LogP contribution is -2.33. The Morgan fingerprint density at radius 2 is 1.93 bits per heavy atom. The second-order valence-electron chi connectivity index (χ2n) is 7.55. The Morgan fingerprint density at radius 3 is 2.57 bits per heavy atom. The Bertz CT molecular complexity index is 958. The van der Waals surface area contributed by atoms with E-state index in [1.165, 1.54) is 36.6 Å². The van der Waals surface area contributed by atoms with Crippen LogP contribution in [0.25, 0.3) is 0 Å². The predicted molar refractivity (Wildman–Crippen MR) is 113 cm³/mol. The number of nitrogens with one attached hydrogen (secondary N) is 1. The van der Waals surface area contributed by atoms with Gasteiger partial charge in [0.1, 0.15) is 0 Å². The van der Waals surface area contributed by atoms with Crippen molar-refractivity contribution in [3.05, 3.63) is 58.6 Å². The highest BCUT2D eigenvalue weighted by Gasteiger charge is 2.17. The minimum Gasteiger partial charge on any atom is -0.322 e. The summed E-state index contributed by atoms with van der Waals surface area (Å²) in [6.07, 6.45) is 3.63. The van der Waals surface area contributed by atoms with Crippen LogP contribution in [-0.4, -0.2) is 38.6 Å². The number of halogens is 1. The van der Waals surface area contributed by atoms with Gasteiger partial charge in [-0.2, -0.15) is 0 Å². The standard InChI is InChI=1S/C21H25ClN2O3S/c1-15-4-3-11-24(13-15)14-16-5-7-17(8-6-16)23-21(25)19-12-18(28(2,26)27)9-10-20(19)22/h5-10,12,15H,3-4,11,13-14H2,1-2H3,(H,23,25). The summed E-state index contributed by atoms with van der Waals surface area (Å²) in [7, 11) is -3.42. The van der Waals surface area contributed by atoms with Crippen molar-refractivity contribution in [2.45, 2.75) is 31.2 Å². The fraction of sp³-hybridized carbons (Fsp3) is 0.381. The summed E-state index contributed by atoms with van der Waals surface area (Å²) in [5.41, 5.74) is 1.97. The summed E-state index contributed by atoms with van der Waals surface area (Å²) in [5, 5.41) is 2.99. The van der Waals surface area contributed by atoms with Crippen LogP contribution in [0, 0.1) is 5.92 Å². The lowest BCUT2D eigenvalue weighted by atomic mass is 10.00. The van der Waals surface area contributed by atoms with E-state index < -0.39 is 15.7 Å². The first-order valence-electron chi connectivity index (χ1n) is 9.34. The van der Waals surface area contributed by atoms with Gasteiger partial charge in [0.15, 0.2) is 9.84 Å². The molecule has 150 valence electrons. The minimum absolute atomic E-state index is 0.0631. The minimum atomic E-state index is -3.42. The maximum absolute atomic E-state index is 12.6. The first kappa shape index (κ1) is 20.8. The number of hydrogen-bond acceptors (Lipinski definition) is 4. The zero-order valence-electron chi connectivity index (χ0n) is 16.1. The SMILES string of the molecule is CC1CCCN(Cc2ccc(NC(=O)c3cc(S(C)(=O)=O)ccc3Cl)cc2)C1. The molecule has 0 spiro atoms. The molecule has 0 aromatic heterocycles. The second-order valence-corrected chi connectivity index (χ2v) is 9.97. The van der Waals surface area contributed by atoms with Crippen molar-refractivity contribution in [3.8, 4) is 0 Å². The number of likely N-dealkylation sites (tertiary alicyclic amines) is 1. The summed E-state index contributed by atoms with van der Waals surface area (Å²) < 4.78 is 23.4. The zero-order chi connectivity index (χ0) is 20.3. The first-order valence-corrected chi connectivity index (χ1v) is 11.6. The van der Waals surface area contributed by atoms with E-state index in [1.807, 2.05) is 24.3 Å². The summed E-state index contributed by atoms with van der Waals surface area (Å²) in [6, 6.07) is 11.8. The Hall–Kier alpha value is -1.89. The van der Waals surface area contributed by atoms with Crippen LogP contribution < -0.4 is 5.32 Å². The summed E-state index contributed by atoms with van der Waals surface area (Å²) in [4.78, 5) is 15.1. The third-order valence-electron chi connectivity index (χ3n) is 4.97. The first-order chi connectivity index (χ1) is 13.2. The van der Waals surface area contributed by atoms with Crippen molar-refractivity contribution in [2.75, 3.05) is 24.7 Å². The molecule has 1 N–H and O–H groups in total. The van der Waals surface area contributed by atoms with Gasteiger partial charge in [-0.05, 0) is 61.2 Å². The van der Waals surface area contributed by atoms with Crippen LogP contribution in [0.4, 0.5) is 5.69 Å². The largest absolute Gasteiger partial charge is 0.322 e. The van der Waals surface area contributed by atoms with Gasteiger partial charge in [0.2, 0.25) is 0 Å². The highest BCUT2D eigenvalue weighted by molar-refractivity contribution is 7.90. The van der Waals surface area contributed by atoms with Gasteiger partial charge in [-0.25, -0.2) is 8.42 Å². The lowest BCUT2D eigenvalue weighted by Gasteiger charge is -2.30. The molecular formula is C21H25ClN2O3S. The molecule has 2 aromatic carbocycles. The maximum atomic E-state index is 12.6. The fourth-order valence-corrected chi connectivity index (χ4v) is 4.34. The van der Waals surface area contributed by atoms with Gasteiger partial charge in [-0.1, -0.05) is 30.7 Å². The van der Waals surface area contributed by atoms with Crippen molar-refractivity contribution in [1.82, 2.24) is 4.90 Å². The summed E-state index contributed by atoms with van der Waals surface area (Å²) in [6.45, 7) is 5.43. The molecule has 1 unspecified atom stereocenters. The normalized spacial score (nSPS) is 18.0. The van der Waals surface area contributed by atoms with Crippen molar-refractivity contribution in [2.24, 2.45) is 5.92 Å². The molecule has 1 aliphatic rings. The number of hydrogen-bond donors (Lipinski definition) is 1. The molecule has 1 atom stereocenters. The molecule has 5 nitrogen and oxygen atoms in total. The quantitative estimate of drug-likeness (QED) is 0.786. The Balaban J connectivity index is 1.68. The highest BCUT2D eigenvalue weighted by atomic mass is 35.5. The van der Waals surface area contributed by atoms with E-state index in [2.05, 4.69) is 17.1 Å². The molecule has 0 bridgehead atoms. The van der Waals surface area contributed by atoms with Gasteiger partial charge < -0.3 is 5.32 Å². The molecule has 1 aliphatic heterocycles. The van der Waals surface area contributed by atoms with Crippen molar-refractivity contribution >= 4 is 33.0 Å². The number of rotatable bonds is 5. The van der Waals surface area contributed by atoms with Crippen molar-refractivity contribution in [3.63, 3.8) is 0 Å². The van der Waals surface area contributed by atoms with Crippen LogP contribution in [0.3, 0.4) is 0 Å². The van der Waals surface area contributed by atoms with Crippen molar-refractivity contribution < 1.29 is 13.2 Å². The maximum Gasteiger partial charge on any atom is 0.257 e. The lowest BCUT2D eigenvalue weighted by molar-refractivity contribution is 0.102. The molecule has 28 heavy (non-hydrogen) atoms. The second kappa shape index (κ2) is 8.64. The van der Waals surface area contributed by atoms with Gasteiger partial charge >= 0.3 is 0 Å². The van der Waals surface area contributed by atoms with Crippen LogP contribution in [0.1, 0.15) is 35.7 Å². The number of carbonyl (C=O) groups is 1. The van der Waals surface area contributed by atoms with Gasteiger partial charge in [-0.15, -0.1) is 0 Å². The van der Waals surface area contributed by atoms with E-state index in [9.17, 15) is 13.2 Å². The van der Waals surface area contributed by atoms with E-state index >= 15 is 0 Å². The van der Waals surface area contributed by atoms with E-state index in [0.717, 1.165) is 31.8 Å². The molecular weight excluding hydrogens is 396 g/mol. The molecule has 0 saturated carbocycles. The number of carbonyl (C=O) groups excluding carboxylic acids is 1. The molecule has 1 amide bonds. The molecule has 1 heterocycles. The third-order valence-corrected chi connectivity index (χ3v) is 6.41. The Kier molecular flexibility index (Phi) is 6.43. The number of nitrogens with zero attached hydrogens (tertiary/aromatic N) is 1. The molecule has 1 fully saturated rings. The number of piperidine rings is 1. The van der Waals surface area contributed by atoms with Gasteiger partial charge in [0.25, 0.3) is 5.91 Å². The molecule has 7 heteroatoms. The molecule has 0 radical (unpaired) electrons. The number of anilines is 1. The van der Waals surface area contributed by atoms with E-state index in [-0.39, 0.29) is 15.5 Å². The average molecular weight is 421 g/mol. The summed E-state index contributed by atoms with van der Waals surface area (Å²) >= 11 is 6.09. The Morgan fingerprint density at radius 1 is 1.21 bits per heavy atom. The predicted octanol–water partition coefficient (Wildman–Crippen LogP) is 4.23. The molecule has 3 rings (SSSR count). The van der Waals surface area contributed by atoms with E-state index in [1.54, 1.807) is 0 Å². The number of benzene rings is 2. The van der Waals surface area contributed by atoms with Gasteiger partial charge in [-0.3, -0.25) is 9.69 Å². The van der Waals surface area contributed by atoms with E-state index in [4.69, 9.17) is 11.6 Å². The monoisotopic (exact) mass is 420 g/mol. The molecule has 1 saturated heterocycles. The number of amides is 1. The molecule has 2 aromatic rings. The third kappa shape index (κ3) is 5.34. The zero-order valence-corrected chi connectivity index (χ0v) is 17.7. The van der Waals surface area contributed by atoms with Crippen LogP contribution in [0.15, 0.2) is 47.4 Å². The Labute approximate surface area is 171 Å². The van der Waals surface area contributed by atoms with Crippen LogP contribution >= 0.6 is 11.6 Å². The average Bonchev–Trinajstić information content (AvgIpc) is 2.62. The van der Waals surface area contributed by atoms with Gasteiger partial charge in [0, 0.05) is 25.0 Å². The number of sulfone groups is 1. The van der Waals surface area contributed by atoms with Crippen LogP contribution in [0.5, 0.6) is 0 Å². The fourth-order valence-electron chi connectivity index (χ4n) is 3.49. The summed E-state index contributed by atoms with van der Waals surface area (Å²) in [5.74, 6) is 0.299.